The second kappa shape index (κ2) is 8.31. The average Bonchev–Trinajstić information content (AvgIpc) is 2.64. The number of nitrogens with two attached hydrogens (primary N) is 1. The quantitative estimate of drug-likeness (QED) is 0.752. The fourth-order valence-corrected chi connectivity index (χ4v) is 4.05. The van der Waals surface area contributed by atoms with Crippen LogP contribution in [-0.2, 0) is 14.8 Å². The van der Waals surface area contributed by atoms with Crippen LogP contribution in [0.3, 0.4) is 0 Å². The fraction of sp³-hybridized carbons (Fsp3) is 0.190. The Bertz CT molecular complexity index is 1070. The lowest BCUT2D eigenvalue weighted by molar-refractivity contribution is -0.115. The molecule has 0 saturated heterocycles. The standard InChI is InChI=1S/C21H21ClN2O3S/c1-14-6-8-15(9-7-14)18-11-10-17(13-20(18)28(23,26)27)24-21(25)12-16-4-2-3-5-19(16)22/h2,4,6-11,13H,3,5,12H2,1H3,(H,24,25)(H2,23,26,27). The van der Waals surface area contributed by atoms with Crippen molar-refractivity contribution >= 4 is 33.2 Å². The highest BCUT2D eigenvalue weighted by molar-refractivity contribution is 7.89. The predicted molar refractivity (Wildman–Crippen MR) is 112 cm³/mol. The van der Waals surface area contributed by atoms with Gasteiger partial charge in [-0.2, -0.15) is 0 Å². The molecule has 2 aromatic carbocycles. The van der Waals surface area contributed by atoms with Crippen LogP contribution < -0.4 is 10.5 Å². The molecule has 0 unspecified atom stereocenters. The maximum absolute atomic E-state index is 12.4. The van der Waals surface area contributed by atoms with Crippen molar-refractivity contribution in [3.63, 3.8) is 0 Å². The van der Waals surface area contributed by atoms with Gasteiger partial charge in [-0.25, -0.2) is 13.6 Å². The summed E-state index contributed by atoms with van der Waals surface area (Å²) in [6.45, 7) is 1.95. The maximum atomic E-state index is 12.4. The summed E-state index contributed by atoms with van der Waals surface area (Å²) in [5, 5.41) is 8.82. The van der Waals surface area contributed by atoms with E-state index in [-0.39, 0.29) is 17.2 Å². The minimum absolute atomic E-state index is 0.0380. The van der Waals surface area contributed by atoms with Crippen LogP contribution in [0.4, 0.5) is 5.69 Å². The van der Waals surface area contributed by atoms with Gasteiger partial charge >= 0.3 is 0 Å². The molecule has 3 rings (SSSR count). The third-order valence-electron chi connectivity index (χ3n) is 4.48. The lowest BCUT2D eigenvalue weighted by Crippen LogP contribution is -2.16. The van der Waals surface area contributed by atoms with Gasteiger partial charge in [0.15, 0.2) is 0 Å². The van der Waals surface area contributed by atoms with Crippen LogP contribution >= 0.6 is 11.6 Å². The molecule has 0 aromatic heterocycles. The van der Waals surface area contributed by atoms with Crippen molar-refractivity contribution in [1.82, 2.24) is 0 Å². The summed E-state index contributed by atoms with van der Waals surface area (Å²) in [5.41, 5.74) is 3.42. The van der Waals surface area contributed by atoms with E-state index in [4.69, 9.17) is 16.7 Å². The number of halogens is 1. The third kappa shape index (κ3) is 4.90. The number of allylic oxidation sites excluding steroid dienone is 3. The van der Waals surface area contributed by atoms with Gasteiger partial charge in [-0.05, 0) is 43.0 Å². The zero-order chi connectivity index (χ0) is 20.3. The van der Waals surface area contributed by atoms with Gasteiger partial charge < -0.3 is 5.32 Å². The molecule has 0 heterocycles. The number of hydrogen-bond donors (Lipinski definition) is 2. The van der Waals surface area contributed by atoms with Crippen LogP contribution in [-0.4, -0.2) is 14.3 Å². The van der Waals surface area contributed by atoms with E-state index >= 15 is 0 Å². The van der Waals surface area contributed by atoms with Gasteiger partial charge in [0.1, 0.15) is 0 Å². The topological polar surface area (TPSA) is 89.3 Å². The SMILES string of the molecule is Cc1ccc(-c2ccc(NC(=O)CC3=C(Cl)CCC=C3)cc2S(N)(=O)=O)cc1. The number of anilines is 1. The molecule has 5 nitrogen and oxygen atoms in total. The normalized spacial score (nSPS) is 14.2. The molecule has 7 heteroatoms. The Hall–Kier alpha value is -2.41. The van der Waals surface area contributed by atoms with Gasteiger partial charge in [-0.3, -0.25) is 4.79 Å². The molecule has 146 valence electrons. The van der Waals surface area contributed by atoms with Crippen molar-refractivity contribution in [3.8, 4) is 11.1 Å². The molecule has 0 bridgehead atoms. The van der Waals surface area contributed by atoms with Gasteiger partial charge in [0, 0.05) is 16.3 Å². The zero-order valence-electron chi connectivity index (χ0n) is 15.4. The summed E-state index contributed by atoms with van der Waals surface area (Å²) in [5.74, 6) is -0.275. The molecular formula is C21H21ClN2O3S. The number of nitrogens with one attached hydrogen (secondary N) is 1. The largest absolute Gasteiger partial charge is 0.326 e. The Morgan fingerprint density at radius 2 is 1.89 bits per heavy atom. The van der Waals surface area contributed by atoms with Crippen molar-refractivity contribution in [2.75, 3.05) is 5.32 Å². The smallest absolute Gasteiger partial charge is 0.238 e. The van der Waals surface area contributed by atoms with Gasteiger partial charge in [-0.15, -0.1) is 0 Å². The van der Waals surface area contributed by atoms with Crippen LogP contribution in [0.5, 0.6) is 0 Å². The Kier molecular flexibility index (Phi) is 6.03. The molecule has 1 aliphatic rings. The highest BCUT2D eigenvalue weighted by Gasteiger charge is 2.18. The van der Waals surface area contributed by atoms with Crippen molar-refractivity contribution in [2.45, 2.75) is 31.1 Å². The second-order valence-corrected chi connectivity index (χ2v) is 8.70. The molecule has 3 N–H and O–H groups in total. The van der Waals surface area contributed by atoms with Gasteiger partial charge in [-0.1, -0.05) is 59.6 Å². The summed E-state index contributed by atoms with van der Waals surface area (Å²) < 4.78 is 24.2. The van der Waals surface area contributed by atoms with Crippen molar-refractivity contribution in [1.29, 1.82) is 0 Å². The van der Waals surface area contributed by atoms with Crippen LogP contribution in [0.1, 0.15) is 24.8 Å². The fourth-order valence-electron chi connectivity index (χ4n) is 3.03. The Labute approximate surface area is 170 Å². The number of amides is 1. The molecule has 0 radical (unpaired) electrons. The number of primary sulfonamides is 1. The lowest BCUT2D eigenvalue weighted by Gasteiger charge is -2.13. The second-order valence-electron chi connectivity index (χ2n) is 6.72. The summed E-state index contributed by atoms with van der Waals surface area (Å²) in [6, 6.07) is 12.2. The first-order valence-corrected chi connectivity index (χ1v) is 10.7. The van der Waals surface area contributed by atoms with E-state index in [0.29, 0.717) is 16.3 Å². The molecule has 0 spiro atoms. The molecule has 28 heavy (non-hydrogen) atoms. The van der Waals surface area contributed by atoms with Gasteiger partial charge in [0.2, 0.25) is 15.9 Å². The van der Waals surface area contributed by atoms with Crippen LogP contribution in [0.25, 0.3) is 11.1 Å². The molecule has 0 atom stereocenters. The Morgan fingerprint density at radius 3 is 2.54 bits per heavy atom. The molecule has 0 saturated carbocycles. The molecular weight excluding hydrogens is 396 g/mol. The number of benzene rings is 2. The Morgan fingerprint density at radius 1 is 1.18 bits per heavy atom. The average molecular weight is 417 g/mol. The molecule has 2 aromatic rings. The van der Waals surface area contributed by atoms with E-state index < -0.39 is 10.0 Å². The van der Waals surface area contributed by atoms with E-state index in [0.717, 1.165) is 29.5 Å². The van der Waals surface area contributed by atoms with Crippen LogP contribution in [0.2, 0.25) is 0 Å². The lowest BCUT2D eigenvalue weighted by atomic mass is 10.0. The molecule has 1 aliphatic carbocycles. The first kappa shape index (κ1) is 20.3. The first-order valence-electron chi connectivity index (χ1n) is 8.82. The summed E-state index contributed by atoms with van der Waals surface area (Å²) in [7, 11) is -3.98. The van der Waals surface area contributed by atoms with E-state index in [1.807, 2.05) is 43.3 Å². The minimum atomic E-state index is -3.98. The summed E-state index contributed by atoms with van der Waals surface area (Å²) >= 11 is 6.17. The van der Waals surface area contributed by atoms with Crippen LogP contribution in [0, 0.1) is 6.92 Å². The van der Waals surface area contributed by atoms with Crippen molar-refractivity contribution < 1.29 is 13.2 Å². The zero-order valence-corrected chi connectivity index (χ0v) is 17.0. The number of rotatable bonds is 5. The molecule has 1 amide bonds. The number of carbonyl (C=O) groups is 1. The highest BCUT2D eigenvalue weighted by atomic mass is 35.5. The van der Waals surface area contributed by atoms with Crippen molar-refractivity contribution in [2.24, 2.45) is 5.14 Å². The minimum Gasteiger partial charge on any atom is -0.326 e. The molecule has 0 fully saturated rings. The van der Waals surface area contributed by atoms with E-state index in [1.54, 1.807) is 12.1 Å². The predicted octanol–water partition coefficient (Wildman–Crippen LogP) is 4.48. The monoisotopic (exact) mass is 416 g/mol. The highest BCUT2D eigenvalue weighted by Crippen LogP contribution is 2.30. The van der Waals surface area contributed by atoms with E-state index in [9.17, 15) is 13.2 Å². The summed E-state index contributed by atoms with van der Waals surface area (Å²) in [6.07, 6.45) is 5.54. The van der Waals surface area contributed by atoms with Gasteiger partial charge in [0.05, 0.1) is 11.3 Å². The Balaban J connectivity index is 1.88. The molecule has 0 aliphatic heterocycles. The third-order valence-corrected chi connectivity index (χ3v) is 5.87. The first-order chi connectivity index (χ1) is 13.2. The number of carbonyl (C=O) groups excluding carboxylic acids is 1. The summed E-state index contributed by atoms with van der Waals surface area (Å²) in [4.78, 5) is 12.3. The van der Waals surface area contributed by atoms with Crippen LogP contribution in [0.15, 0.2) is 70.1 Å². The van der Waals surface area contributed by atoms with Crippen molar-refractivity contribution in [3.05, 3.63) is 70.8 Å². The maximum Gasteiger partial charge on any atom is 0.238 e. The van der Waals surface area contributed by atoms with Gasteiger partial charge in [0.25, 0.3) is 0 Å². The number of aryl methyl sites for hydroxylation is 1. The van der Waals surface area contributed by atoms with E-state index in [1.165, 1.54) is 6.07 Å². The number of hydrogen-bond acceptors (Lipinski definition) is 3. The van der Waals surface area contributed by atoms with E-state index in [2.05, 4.69) is 5.32 Å². The number of sulfonamides is 1.